The number of methoxy groups -OCH3 is 1. The molecule has 102 valence electrons. The van der Waals surface area contributed by atoms with Crippen molar-refractivity contribution in [1.82, 2.24) is 10.2 Å². The summed E-state index contributed by atoms with van der Waals surface area (Å²) in [5.41, 5.74) is 1.97. The van der Waals surface area contributed by atoms with Gasteiger partial charge in [-0.3, -0.25) is 0 Å². The van der Waals surface area contributed by atoms with Gasteiger partial charge in [0.05, 0.1) is 6.61 Å². The van der Waals surface area contributed by atoms with Crippen molar-refractivity contribution in [2.75, 3.05) is 19.0 Å². The molecule has 5 heteroatoms. The molecule has 0 aliphatic rings. The number of hydrogen-bond donors (Lipinski definition) is 1. The van der Waals surface area contributed by atoms with Crippen molar-refractivity contribution < 1.29 is 9.15 Å². The molecule has 2 rings (SSSR count). The Morgan fingerprint density at radius 3 is 2.58 bits per heavy atom. The normalized spacial score (nSPS) is 12.4. The molecular weight excluding hydrogens is 242 g/mol. The number of nitrogens with zero attached hydrogens (tertiary/aromatic N) is 2. The summed E-state index contributed by atoms with van der Waals surface area (Å²) < 4.78 is 10.6. The molecule has 0 bridgehead atoms. The zero-order valence-corrected chi connectivity index (χ0v) is 11.5. The fourth-order valence-corrected chi connectivity index (χ4v) is 1.80. The number of hydrogen-bond acceptors (Lipinski definition) is 5. The van der Waals surface area contributed by atoms with E-state index in [0.29, 0.717) is 18.4 Å². The van der Waals surface area contributed by atoms with Gasteiger partial charge in [0.2, 0.25) is 11.8 Å². The molecule has 2 aromatic rings. The molecule has 1 atom stereocenters. The summed E-state index contributed by atoms with van der Waals surface area (Å²) in [5.74, 6) is 1.22. The Morgan fingerprint density at radius 1 is 1.26 bits per heavy atom. The van der Waals surface area contributed by atoms with Crippen molar-refractivity contribution in [3.05, 3.63) is 30.2 Å². The van der Waals surface area contributed by atoms with Crippen LogP contribution in [-0.2, 0) is 11.2 Å². The summed E-state index contributed by atoms with van der Waals surface area (Å²) >= 11 is 0. The molecule has 19 heavy (non-hydrogen) atoms. The van der Waals surface area contributed by atoms with Crippen LogP contribution in [-0.4, -0.2) is 30.0 Å². The topological polar surface area (TPSA) is 60.2 Å². The summed E-state index contributed by atoms with van der Waals surface area (Å²) in [7, 11) is 1.70. The lowest BCUT2D eigenvalue weighted by atomic mass is 10.2. The van der Waals surface area contributed by atoms with Crippen molar-refractivity contribution >= 4 is 5.69 Å². The van der Waals surface area contributed by atoms with Crippen molar-refractivity contribution in [2.24, 2.45) is 0 Å². The third-order valence-electron chi connectivity index (χ3n) is 2.73. The van der Waals surface area contributed by atoms with E-state index in [-0.39, 0.29) is 6.04 Å². The summed E-state index contributed by atoms with van der Waals surface area (Å²) in [6, 6.07) is 8.20. The fraction of sp³-hybridized carbons (Fsp3) is 0.429. The highest BCUT2D eigenvalue weighted by atomic mass is 16.5. The second-order valence-electron chi connectivity index (χ2n) is 4.43. The monoisotopic (exact) mass is 261 g/mol. The van der Waals surface area contributed by atoms with Gasteiger partial charge in [-0.2, -0.15) is 0 Å². The molecule has 1 aromatic heterocycles. The Morgan fingerprint density at radius 2 is 2.00 bits per heavy atom. The first-order chi connectivity index (χ1) is 9.22. The minimum Gasteiger partial charge on any atom is -0.421 e. The summed E-state index contributed by atoms with van der Waals surface area (Å²) in [6.07, 6.45) is 0.751. The molecule has 0 amide bonds. The van der Waals surface area contributed by atoms with Crippen LogP contribution in [0.15, 0.2) is 28.7 Å². The van der Waals surface area contributed by atoms with E-state index in [9.17, 15) is 0 Å². The van der Waals surface area contributed by atoms with E-state index in [4.69, 9.17) is 9.15 Å². The van der Waals surface area contributed by atoms with E-state index in [1.165, 1.54) is 0 Å². The van der Waals surface area contributed by atoms with Gasteiger partial charge in [-0.15, -0.1) is 10.2 Å². The number of rotatable bonds is 6. The molecule has 0 saturated carbocycles. The highest BCUT2D eigenvalue weighted by Crippen LogP contribution is 2.20. The smallest absolute Gasteiger partial charge is 0.247 e. The summed E-state index contributed by atoms with van der Waals surface area (Å²) in [4.78, 5) is 0. The Bertz CT molecular complexity index is 508. The molecule has 5 nitrogen and oxygen atoms in total. The number of benzene rings is 1. The van der Waals surface area contributed by atoms with Crippen molar-refractivity contribution in [2.45, 2.75) is 26.3 Å². The van der Waals surface area contributed by atoms with E-state index in [1.54, 1.807) is 7.11 Å². The Labute approximate surface area is 113 Å². The van der Waals surface area contributed by atoms with Crippen molar-refractivity contribution in [3.8, 4) is 11.5 Å². The standard InChI is InChI=1S/C14H19N3O2/c1-4-13-16-17-14(19-13)11-5-7-12(8-6-11)15-10(2)9-18-3/h5-8,10,15H,4,9H2,1-3H3. The second kappa shape index (κ2) is 6.33. The minimum atomic E-state index is 0.269. The van der Waals surface area contributed by atoms with Crippen molar-refractivity contribution in [3.63, 3.8) is 0 Å². The minimum absolute atomic E-state index is 0.269. The number of nitrogens with one attached hydrogen (secondary N) is 1. The number of ether oxygens (including phenoxy) is 1. The van der Waals surface area contributed by atoms with Gasteiger partial charge in [0.1, 0.15) is 0 Å². The van der Waals surface area contributed by atoms with E-state index in [2.05, 4.69) is 22.4 Å². The van der Waals surface area contributed by atoms with E-state index in [1.807, 2.05) is 31.2 Å². The van der Waals surface area contributed by atoms with Gasteiger partial charge in [-0.1, -0.05) is 6.92 Å². The van der Waals surface area contributed by atoms with Crippen molar-refractivity contribution in [1.29, 1.82) is 0 Å². The van der Waals surface area contributed by atoms with Gasteiger partial charge in [0.25, 0.3) is 0 Å². The lowest BCUT2D eigenvalue weighted by Gasteiger charge is -2.14. The third kappa shape index (κ3) is 3.54. The van der Waals surface area contributed by atoms with Crippen LogP contribution in [0.2, 0.25) is 0 Å². The van der Waals surface area contributed by atoms with Crippen LogP contribution in [0.4, 0.5) is 5.69 Å². The molecule has 0 radical (unpaired) electrons. The SMILES string of the molecule is CCc1nnc(-c2ccc(NC(C)COC)cc2)o1. The predicted molar refractivity (Wildman–Crippen MR) is 74.1 cm³/mol. The quantitative estimate of drug-likeness (QED) is 0.866. The molecule has 1 aromatic carbocycles. The molecule has 0 saturated heterocycles. The molecule has 1 N–H and O–H groups in total. The first-order valence-electron chi connectivity index (χ1n) is 6.41. The lowest BCUT2D eigenvalue weighted by Crippen LogP contribution is -2.20. The molecule has 0 aliphatic heterocycles. The Hall–Kier alpha value is -1.88. The molecule has 1 unspecified atom stereocenters. The molecule has 0 spiro atoms. The Kier molecular flexibility index (Phi) is 4.52. The largest absolute Gasteiger partial charge is 0.421 e. The first-order valence-corrected chi connectivity index (χ1v) is 6.41. The first kappa shape index (κ1) is 13.5. The number of aryl methyl sites for hydroxylation is 1. The fourth-order valence-electron chi connectivity index (χ4n) is 1.80. The van der Waals surface area contributed by atoms with E-state index >= 15 is 0 Å². The van der Waals surface area contributed by atoms with Crippen LogP contribution >= 0.6 is 0 Å². The molecule has 0 fully saturated rings. The average molecular weight is 261 g/mol. The lowest BCUT2D eigenvalue weighted by molar-refractivity contribution is 0.190. The maximum Gasteiger partial charge on any atom is 0.247 e. The van der Waals surface area contributed by atoms with Gasteiger partial charge in [0, 0.05) is 30.8 Å². The molecule has 0 aliphatic carbocycles. The summed E-state index contributed by atoms with van der Waals surface area (Å²) in [6.45, 7) is 4.73. The second-order valence-corrected chi connectivity index (χ2v) is 4.43. The molecular formula is C14H19N3O2. The van der Waals surface area contributed by atoms with Gasteiger partial charge >= 0.3 is 0 Å². The van der Waals surface area contributed by atoms with Crippen LogP contribution in [0.25, 0.3) is 11.5 Å². The van der Waals surface area contributed by atoms with Crippen LogP contribution in [0.5, 0.6) is 0 Å². The van der Waals surface area contributed by atoms with Gasteiger partial charge < -0.3 is 14.5 Å². The zero-order valence-electron chi connectivity index (χ0n) is 11.5. The molecule has 1 heterocycles. The van der Waals surface area contributed by atoms with Gasteiger partial charge in [-0.05, 0) is 31.2 Å². The van der Waals surface area contributed by atoms with Crippen LogP contribution in [0.1, 0.15) is 19.7 Å². The van der Waals surface area contributed by atoms with E-state index < -0.39 is 0 Å². The van der Waals surface area contributed by atoms with Gasteiger partial charge in [0.15, 0.2) is 0 Å². The maximum atomic E-state index is 5.52. The number of anilines is 1. The highest BCUT2D eigenvalue weighted by molar-refractivity contribution is 5.58. The van der Waals surface area contributed by atoms with Gasteiger partial charge in [-0.25, -0.2) is 0 Å². The van der Waals surface area contributed by atoms with Crippen LogP contribution < -0.4 is 5.32 Å². The predicted octanol–water partition coefficient (Wildman–Crippen LogP) is 2.75. The third-order valence-corrected chi connectivity index (χ3v) is 2.73. The average Bonchev–Trinajstić information content (AvgIpc) is 2.88. The summed E-state index contributed by atoms with van der Waals surface area (Å²) in [5, 5.41) is 11.3. The van der Waals surface area contributed by atoms with Crippen LogP contribution in [0, 0.1) is 0 Å². The maximum absolute atomic E-state index is 5.52. The van der Waals surface area contributed by atoms with E-state index in [0.717, 1.165) is 17.7 Å². The van der Waals surface area contributed by atoms with Crippen LogP contribution in [0.3, 0.4) is 0 Å². The zero-order chi connectivity index (χ0) is 13.7. The highest BCUT2D eigenvalue weighted by Gasteiger charge is 2.07. The Balaban J connectivity index is 2.05. The number of aromatic nitrogens is 2.